The lowest BCUT2D eigenvalue weighted by molar-refractivity contribution is 0.0427. The molecule has 0 bridgehead atoms. The first-order valence-corrected chi connectivity index (χ1v) is 9.91. The minimum atomic E-state index is -0.164. The Balaban J connectivity index is 1.68. The zero-order valence-electron chi connectivity index (χ0n) is 14.3. The Kier molecular flexibility index (Phi) is 4.68. The Bertz CT molecular complexity index is 757. The van der Waals surface area contributed by atoms with E-state index in [4.69, 9.17) is 4.74 Å². The predicted molar refractivity (Wildman–Crippen MR) is 101 cm³/mol. The van der Waals surface area contributed by atoms with Crippen molar-refractivity contribution in [3.05, 3.63) is 59.7 Å². The third-order valence-corrected chi connectivity index (χ3v) is 5.62. The second-order valence-electron chi connectivity index (χ2n) is 6.46. The highest BCUT2D eigenvalue weighted by atomic mass is 32.2. The molecule has 5 heteroatoms. The number of hydrogen-bond acceptors (Lipinski definition) is 4. The summed E-state index contributed by atoms with van der Waals surface area (Å²) in [5.74, 6) is 0.0730. The molecule has 0 spiro atoms. The average molecular weight is 354 g/mol. The number of para-hydroxylation sites is 1. The summed E-state index contributed by atoms with van der Waals surface area (Å²) in [5, 5.41) is 3.55. The van der Waals surface area contributed by atoms with Gasteiger partial charge in [-0.3, -0.25) is 4.79 Å². The summed E-state index contributed by atoms with van der Waals surface area (Å²) in [6, 6.07) is 16.2. The van der Waals surface area contributed by atoms with E-state index in [1.807, 2.05) is 29.2 Å². The Morgan fingerprint density at radius 2 is 2.00 bits per heavy atom. The third kappa shape index (κ3) is 3.26. The monoisotopic (exact) mass is 354 g/mol. The standard InChI is InChI=1S/C20H22N2O2S/c1-25-16-10-8-14(9-11-16)19-21-18-7-3-2-6-17(18)20(23)22(19)13-15-5-4-12-24-15/h2-3,6-11,15,19,21H,4-5,12-13H2,1H3/t15-,19+/m0/s1. The fourth-order valence-electron chi connectivity index (χ4n) is 3.54. The van der Waals surface area contributed by atoms with E-state index in [-0.39, 0.29) is 18.2 Å². The number of nitrogens with zero attached hydrogens (tertiary/aromatic N) is 1. The van der Waals surface area contributed by atoms with Gasteiger partial charge in [-0.15, -0.1) is 11.8 Å². The summed E-state index contributed by atoms with van der Waals surface area (Å²) in [6.07, 6.45) is 4.12. The van der Waals surface area contributed by atoms with Crippen LogP contribution in [0.5, 0.6) is 0 Å². The minimum absolute atomic E-state index is 0.0730. The summed E-state index contributed by atoms with van der Waals surface area (Å²) in [7, 11) is 0. The van der Waals surface area contributed by atoms with Gasteiger partial charge in [-0.25, -0.2) is 0 Å². The quantitative estimate of drug-likeness (QED) is 0.838. The summed E-state index contributed by atoms with van der Waals surface area (Å²) in [5.41, 5.74) is 2.73. The maximum atomic E-state index is 13.1. The number of carbonyl (C=O) groups is 1. The van der Waals surface area contributed by atoms with Crippen LogP contribution in [0.1, 0.15) is 34.9 Å². The van der Waals surface area contributed by atoms with E-state index in [2.05, 4.69) is 35.8 Å². The Labute approximate surface area is 152 Å². The van der Waals surface area contributed by atoms with E-state index in [1.165, 1.54) is 4.90 Å². The molecule has 2 heterocycles. The first kappa shape index (κ1) is 16.5. The number of rotatable bonds is 4. The van der Waals surface area contributed by atoms with Crippen LogP contribution in [0.15, 0.2) is 53.4 Å². The molecule has 1 N–H and O–H groups in total. The Hall–Kier alpha value is -1.98. The zero-order valence-corrected chi connectivity index (χ0v) is 15.1. The van der Waals surface area contributed by atoms with Crippen molar-refractivity contribution in [3.63, 3.8) is 0 Å². The molecule has 2 aliphatic heterocycles. The van der Waals surface area contributed by atoms with Crippen molar-refractivity contribution in [2.75, 3.05) is 24.7 Å². The molecule has 0 saturated carbocycles. The van der Waals surface area contributed by atoms with Crippen molar-refractivity contribution in [2.24, 2.45) is 0 Å². The predicted octanol–water partition coefficient (Wildman–Crippen LogP) is 4.15. The normalized spacial score (nSPS) is 22.6. The number of fused-ring (bicyclic) bond motifs is 1. The molecule has 0 unspecified atom stereocenters. The number of thioether (sulfide) groups is 1. The van der Waals surface area contributed by atoms with Gasteiger partial charge in [-0.1, -0.05) is 24.3 Å². The summed E-state index contributed by atoms with van der Waals surface area (Å²) in [4.78, 5) is 16.3. The molecule has 2 atom stereocenters. The van der Waals surface area contributed by atoms with Crippen molar-refractivity contribution in [2.45, 2.75) is 30.0 Å². The lowest BCUT2D eigenvalue weighted by Gasteiger charge is -2.39. The van der Waals surface area contributed by atoms with E-state index in [1.54, 1.807) is 11.8 Å². The second kappa shape index (κ2) is 7.10. The van der Waals surface area contributed by atoms with Gasteiger partial charge in [0.2, 0.25) is 0 Å². The molecule has 4 nitrogen and oxygen atoms in total. The number of anilines is 1. The van der Waals surface area contributed by atoms with Crippen LogP contribution >= 0.6 is 11.8 Å². The van der Waals surface area contributed by atoms with Crippen molar-refractivity contribution in [1.82, 2.24) is 4.90 Å². The molecule has 2 aromatic rings. The lowest BCUT2D eigenvalue weighted by Crippen LogP contribution is -2.46. The average Bonchev–Trinajstić information content (AvgIpc) is 3.17. The summed E-state index contributed by atoms with van der Waals surface area (Å²) >= 11 is 1.72. The van der Waals surface area contributed by atoms with Crippen LogP contribution in [0.3, 0.4) is 0 Å². The second-order valence-corrected chi connectivity index (χ2v) is 7.34. The van der Waals surface area contributed by atoms with Crippen LogP contribution in [0.4, 0.5) is 5.69 Å². The van der Waals surface area contributed by atoms with Crippen LogP contribution < -0.4 is 5.32 Å². The highest BCUT2D eigenvalue weighted by molar-refractivity contribution is 7.98. The van der Waals surface area contributed by atoms with Crippen molar-refractivity contribution >= 4 is 23.4 Å². The van der Waals surface area contributed by atoms with E-state index in [0.29, 0.717) is 6.54 Å². The maximum absolute atomic E-state index is 13.1. The summed E-state index contributed by atoms with van der Waals surface area (Å²) < 4.78 is 5.79. The van der Waals surface area contributed by atoms with Crippen molar-refractivity contribution in [3.8, 4) is 0 Å². The van der Waals surface area contributed by atoms with E-state index >= 15 is 0 Å². The third-order valence-electron chi connectivity index (χ3n) is 4.88. The van der Waals surface area contributed by atoms with Crippen molar-refractivity contribution < 1.29 is 9.53 Å². The molecule has 25 heavy (non-hydrogen) atoms. The molecule has 0 aliphatic carbocycles. The van der Waals surface area contributed by atoms with Gasteiger partial charge in [-0.2, -0.15) is 0 Å². The number of hydrogen-bond donors (Lipinski definition) is 1. The Morgan fingerprint density at radius 3 is 2.72 bits per heavy atom. The fourth-order valence-corrected chi connectivity index (χ4v) is 3.95. The molecule has 1 fully saturated rings. The fraction of sp³-hybridized carbons (Fsp3) is 0.350. The van der Waals surface area contributed by atoms with Crippen LogP contribution in [0, 0.1) is 0 Å². The van der Waals surface area contributed by atoms with Crippen LogP contribution in [0.25, 0.3) is 0 Å². The van der Waals surface area contributed by atoms with Gasteiger partial charge in [0.05, 0.1) is 11.7 Å². The Morgan fingerprint density at radius 1 is 1.20 bits per heavy atom. The van der Waals surface area contributed by atoms with E-state index in [0.717, 1.165) is 36.3 Å². The molecule has 0 aromatic heterocycles. The topological polar surface area (TPSA) is 41.6 Å². The maximum Gasteiger partial charge on any atom is 0.257 e. The minimum Gasteiger partial charge on any atom is -0.376 e. The molecule has 130 valence electrons. The van der Waals surface area contributed by atoms with Gasteiger partial charge in [0.1, 0.15) is 6.17 Å². The van der Waals surface area contributed by atoms with Gasteiger partial charge < -0.3 is 15.0 Å². The largest absolute Gasteiger partial charge is 0.376 e. The number of ether oxygens (including phenoxy) is 1. The van der Waals surface area contributed by atoms with Gasteiger partial charge in [0.25, 0.3) is 5.91 Å². The smallest absolute Gasteiger partial charge is 0.257 e. The number of benzene rings is 2. The highest BCUT2D eigenvalue weighted by Crippen LogP contribution is 2.34. The SMILES string of the molecule is CSc1ccc([C@@H]2Nc3ccccc3C(=O)N2C[C@@H]2CCCO2)cc1. The van der Waals surface area contributed by atoms with E-state index < -0.39 is 0 Å². The van der Waals surface area contributed by atoms with Crippen molar-refractivity contribution in [1.29, 1.82) is 0 Å². The first-order valence-electron chi connectivity index (χ1n) is 8.68. The molecular formula is C20H22N2O2S. The zero-order chi connectivity index (χ0) is 17.2. The number of amides is 1. The van der Waals surface area contributed by atoms with Gasteiger partial charge in [0, 0.05) is 23.7 Å². The first-order chi connectivity index (χ1) is 12.3. The van der Waals surface area contributed by atoms with E-state index in [9.17, 15) is 4.79 Å². The molecule has 2 aliphatic rings. The van der Waals surface area contributed by atoms with Crippen LogP contribution in [-0.2, 0) is 4.74 Å². The van der Waals surface area contributed by atoms with Gasteiger partial charge in [0.15, 0.2) is 0 Å². The summed E-state index contributed by atoms with van der Waals surface area (Å²) in [6.45, 7) is 1.42. The van der Waals surface area contributed by atoms with Crippen LogP contribution in [0.2, 0.25) is 0 Å². The number of carbonyl (C=O) groups excluding carboxylic acids is 1. The molecular weight excluding hydrogens is 332 g/mol. The molecule has 1 amide bonds. The van der Waals surface area contributed by atoms with Crippen LogP contribution in [-0.4, -0.2) is 36.3 Å². The van der Waals surface area contributed by atoms with Gasteiger partial charge >= 0.3 is 0 Å². The highest BCUT2D eigenvalue weighted by Gasteiger charge is 2.35. The molecule has 1 saturated heterocycles. The molecule has 2 aromatic carbocycles. The molecule has 0 radical (unpaired) electrons. The lowest BCUT2D eigenvalue weighted by atomic mass is 10.0. The number of nitrogens with one attached hydrogen (secondary N) is 1. The van der Waals surface area contributed by atoms with Gasteiger partial charge in [-0.05, 0) is 48.9 Å². The molecule has 4 rings (SSSR count).